The van der Waals surface area contributed by atoms with Crippen LogP contribution in [0.25, 0.3) is 0 Å². The zero-order valence-corrected chi connectivity index (χ0v) is 11.2. The van der Waals surface area contributed by atoms with Crippen molar-refractivity contribution >= 4 is 0 Å². The van der Waals surface area contributed by atoms with E-state index in [-0.39, 0.29) is 0 Å². The molecule has 0 radical (unpaired) electrons. The van der Waals surface area contributed by atoms with Crippen molar-refractivity contribution in [2.75, 3.05) is 45.8 Å². The van der Waals surface area contributed by atoms with Crippen molar-refractivity contribution < 1.29 is 0 Å². The summed E-state index contributed by atoms with van der Waals surface area (Å²) >= 11 is 0. The second-order valence-corrected chi connectivity index (χ2v) is 6.10. The quantitative estimate of drug-likeness (QED) is 0.790. The topological polar surface area (TPSA) is 18.5 Å². The maximum absolute atomic E-state index is 3.78. The molecule has 0 bridgehead atoms. The Morgan fingerprint density at radius 1 is 1.06 bits per heavy atom. The monoisotopic (exact) mass is 237 g/mol. The van der Waals surface area contributed by atoms with Crippen molar-refractivity contribution in [2.24, 2.45) is 11.8 Å². The highest BCUT2D eigenvalue weighted by atomic mass is 15.3. The summed E-state index contributed by atoms with van der Waals surface area (Å²) in [7, 11) is 0. The molecule has 3 unspecified atom stereocenters. The minimum Gasteiger partial charge on any atom is -0.312 e. The Labute approximate surface area is 106 Å². The first kappa shape index (κ1) is 11.9. The number of nitrogens with one attached hydrogen (secondary N) is 1. The van der Waals surface area contributed by atoms with Crippen molar-refractivity contribution in [3.63, 3.8) is 0 Å². The number of likely N-dealkylation sites (N-methyl/N-ethyl adjacent to an activating group) is 1. The Bertz CT molecular complexity index is 248. The lowest BCUT2D eigenvalue weighted by Crippen LogP contribution is -2.50. The van der Waals surface area contributed by atoms with Crippen LogP contribution in [0.5, 0.6) is 0 Å². The Hall–Kier alpha value is -0.120. The standard InChI is InChI=1S/C14H27N3/c1-2-16-6-8-17(9-7-16)11-14-13-5-3-4-12(13)10-15-14/h12-15H,2-11H2,1H3. The molecular formula is C14H27N3. The van der Waals surface area contributed by atoms with Gasteiger partial charge in [0.1, 0.15) is 0 Å². The first-order valence-electron chi connectivity index (χ1n) is 7.55. The molecule has 3 fully saturated rings. The van der Waals surface area contributed by atoms with Gasteiger partial charge in [-0.3, -0.25) is 4.90 Å². The Kier molecular flexibility index (Phi) is 3.69. The average Bonchev–Trinajstić information content (AvgIpc) is 2.95. The van der Waals surface area contributed by atoms with Crippen molar-refractivity contribution in [3.8, 4) is 0 Å². The molecule has 0 aromatic heterocycles. The Balaban J connectivity index is 1.48. The van der Waals surface area contributed by atoms with Gasteiger partial charge in [-0.1, -0.05) is 13.3 Å². The summed E-state index contributed by atoms with van der Waals surface area (Å²) in [6.07, 6.45) is 4.45. The molecule has 1 saturated carbocycles. The normalized spacial score (nSPS) is 39.7. The number of nitrogens with zero attached hydrogens (tertiary/aromatic N) is 2. The number of rotatable bonds is 3. The average molecular weight is 237 g/mol. The molecule has 3 aliphatic rings. The van der Waals surface area contributed by atoms with Gasteiger partial charge < -0.3 is 10.2 Å². The van der Waals surface area contributed by atoms with Crippen LogP contribution in [0.4, 0.5) is 0 Å². The third-order valence-electron chi connectivity index (χ3n) is 5.24. The van der Waals surface area contributed by atoms with E-state index in [9.17, 15) is 0 Å². The molecule has 3 heteroatoms. The fourth-order valence-electron chi connectivity index (χ4n) is 4.07. The fourth-order valence-corrected chi connectivity index (χ4v) is 4.07. The molecule has 2 heterocycles. The van der Waals surface area contributed by atoms with Crippen LogP contribution >= 0.6 is 0 Å². The number of hydrogen-bond acceptors (Lipinski definition) is 3. The SMILES string of the molecule is CCN1CCN(CC2NCC3CCCC32)CC1. The van der Waals surface area contributed by atoms with E-state index in [1.54, 1.807) is 0 Å². The highest BCUT2D eigenvalue weighted by Crippen LogP contribution is 2.37. The van der Waals surface area contributed by atoms with E-state index in [4.69, 9.17) is 0 Å². The summed E-state index contributed by atoms with van der Waals surface area (Å²) in [5, 5.41) is 3.78. The van der Waals surface area contributed by atoms with E-state index in [1.165, 1.54) is 65.1 Å². The number of piperazine rings is 1. The van der Waals surface area contributed by atoms with Gasteiger partial charge >= 0.3 is 0 Å². The molecule has 0 amide bonds. The molecule has 0 spiro atoms. The van der Waals surface area contributed by atoms with E-state index in [0.29, 0.717) is 0 Å². The Morgan fingerprint density at radius 2 is 1.82 bits per heavy atom. The fraction of sp³-hybridized carbons (Fsp3) is 1.00. The summed E-state index contributed by atoms with van der Waals surface area (Å²) in [6, 6.07) is 0.802. The van der Waals surface area contributed by atoms with Crippen LogP contribution in [-0.4, -0.2) is 61.7 Å². The first-order valence-corrected chi connectivity index (χ1v) is 7.55. The molecule has 17 heavy (non-hydrogen) atoms. The molecule has 1 N–H and O–H groups in total. The van der Waals surface area contributed by atoms with E-state index in [0.717, 1.165) is 17.9 Å². The lowest BCUT2D eigenvalue weighted by molar-refractivity contribution is 0.123. The third kappa shape index (κ3) is 2.51. The summed E-state index contributed by atoms with van der Waals surface area (Å²) in [5.41, 5.74) is 0. The lowest BCUT2D eigenvalue weighted by Gasteiger charge is -2.36. The van der Waals surface area contributed by atoms with Gasteiger partial charge in [-0.2, -0.15) is 0 Å². The second-order valence-electron chi connectivity index (χ2n) is 6.10. The van der Waals surface area contributed by atoms with E-state index in [1.807, 2.05) is 0 Å². The smallest absolute Gasteiger partial charge is 0.0226 e. The predicted octanol–water partition coefficient (Wildman–Crippen LogP) is 1.01. The van der Waals surface area contributed by atoms with Crippen molar-refractivity contribution in [3.05, 3.63) is 0 Å². The van der Waals surface area contributed by atoms with E-state index < -0.39 is 0 Å². The summed E-state index contributed by atoms with van der Waals surface area (Å²) in [5.74, 6) is 2.01. The lowest BCUT2D eigenvalue weighted by atomic mass is 9.94. The zero-order valence-electron chi connectivity index (χ0n) is 11.2. The van der Waals surface area contributed by atoms with Crippen molar-refractivity contribution in [2.45, 2.75) is 32.2 Å². The van der Waals surface area contributed by atoms with Gasteiger partial charge in [0.05, 0.1) is 0 Å². The third-order valence-corrected chi connectivity index (χ3v) is 5.24. The van der Waals surface area contributed by atoms with Gasteiger partial charge in [0, 0.05) is 38.8 Å². The Morgan fingerprint density at radius 3 is 2.59 bits per heavy atom. The maximum Gasteiger partial charge on any atom is 0.0226 e. The zero-order chi connectivity index (χ0) is 11.7. The van der Waals surface area contributed by atoms with Gasteiger partial charge in [0.25, 0.3) is 0 Å². The minimum atomic E-state index is 0.802. The molecule has 3 atom stereocenters. The van der Waals surface area contributed by atoms with E-state index in [2.05, 4.69) is 22.0 Å². The van der Waals surface area contributed by atoms with Gasteiger partial charge in [0.15, 0.2) is 0 Å². The predicted molar refractivity (Wildman–Crippen MR) is 71.2 cm³/mol. The molecule has 3 rings (SSSR count). The summed E-state index contributed by atoms with van der Waals surface area (Å²) < 4.78 is 0. The summed E-state index contributed by atoms with van der Waals surface area (Å²) in [6.45, 7) is 11.2. The van der Waals surface area contributed by atoms with E-state index >= 15 is 0 Å². The maximum atomic E-state index is 3.78. The highest BCUT2D eigenvalue weighted by Gasteiger charge is 2.39. The molecule has 2 aliphatic heterocycles. The van der Waals surface area contributed by atoms with Crippen LogP contribution in [0.1, 0.15) is 26.2 Å². The van der Waals surface area contributed by atoms with Crippen LogP contribution in [0.15, 0.2) is 0 Å². The molecular weight excluding hydrogens is 210 g/mol. The largest absolute Gasteiger partial charge is 0.312 e. The highest BCUT2D eigenvalue weighted by molar-refractivity contribution is 4.95. The first-order chi connectivity index (χ1) is 8.36. The van der Waals surface area contributed by atoms with Gasteiger partial charge in [-0.05, 0) is 37.8 Å². The van der Waals surface area contributed by atoms with Gasteiger partial charge in [-0.15, -0.1) is 0 Å². The van der Waals surface area contributed by atoms with Crippen LogP contribution in [-0.2, 0) is 0 Å². The van der Waals surface area contributed by atoms with Crippen LogP contribution in [0.3, 0.4) is 0 Å². The van der Waals surface area contributed by atoms with Crippen LogP contribution in [0, 0.1) is 11.8 Å². The minimum absolute atomic E-state index is 0.802. The molecule has 98 valence electrons. The van der Waals surface area contributed by atoms with Gasteiger partial charge in [-0.25, -0.2) is 0 Å². The van der Waals surface area contributed by atoms with Gasteiger partial charge in [0.2, 0.25) is 0 Å². The molecule has 0 aromatic carbocycles. The number of hydrogen-bond donors (Lipinski definition) is 1. The van der Waals surface area contributed by atoms with Crippen LogP contribution < -0.4 is 5.32 Å². The second kappa shape index (κ2) is 5.25. The summed E-state index contributed by atoms with van der Waals surface area (Å²) in [4.78, 5) is 5.25. The molecule has 1 aliphatic carbocycles. The molecule has 0 aromatic rings. The molecule has 2 saturated heterocycles. The number of fused-ring (bicyclic) bond motifs is 1. The van der Waals surface area contributed by atoms with Crippen molar-refractivity contribution in [1.29, 1.82) is 0 Å². The van der Waals surface area contributed by atoms with Crippen molar-refractivity contribution in [1.82, 2.24) is 15.1 Å². The van der Waals surface area contributed by atoms with Crippen LogP contribution in [0.2, 0.25) is 0 Å². The molecule has 3 nitrogen and oxygen atoms in total.